The Labute approximate surface area is 184 Å². The average Bonchev–Trinajstić information content (AvgIpc) is 2.81. The van der Waals surface area contributed by atoms with Gasteiger partial charge in [-0.25, -0.2) is 14.3 Å². The summed E-state index contributed by atoms with van der Waals surface area (Å²) in [4.78, 5) is 26.8. The molecule has 0 bridgehead atoms. The molecule has 2 aromatic rings. The Balaban J connectivity index is 1.35. The molecule has 0 unspecified atom stereocenters. The van der Waals surface area contributed by atoms with E-state index in [9.17, 15) is 14.0 Å². The number of aliphatic hydroxyl groups is 1. The molecule has 0 radical (unpaired) electrons. The van der Waals surface area contributed by atoms with Crippen LogP contribution >= 0.6 is 0 Å². The molecule has 2 amide bonds. The molecule has 0 aliphatic carbocycles. The molecular weight excluding hydrogens is 418 g/mol. The number of fused-ring (bicyclic) bond motifs is 1. The Morgan fingerprint density at radius 2 is 1.91 bits per heavy atom. The maximum Gasteiger partial charge on any atom is 0.317 e. The fourth-order valence-electron chi connectivity index (χ4n) is 4.40. The minimum atomic E-state index is -0.924. The van der Waals surface area contributed by atoms with Gasteiger partial charge in [0.25, 0.3) is 0 Å². The normalized spacial score (nSPS) is 17.3. The third kappa shape index (κ3) is 4.25. The van der Waals surface area contributed by atoms with Gasteiger partial charge in [0.05, 0.1) is 23.5 Å². The minimum Gasteiger partial charge on any atom is -0.395 e. The van der Waals surface area contributed by atoms with Crippen LogP contribution in [-0.2, 0) is 6.54 Å². The Bertz CT molecular complexity index is 1010. The van der Waals surface area contributed by atoms with Crippen molar-refractivity contribution >= 4 is 23.2 Å². The van der Waals surface area contributed by atoms with Gasteiger partial charge in [-0.3, -0.25) is 4.79 Å². The zero-order chi connectivity index (χ0) is 22.7. The van der Waals surface area contributed by atoms with E-state index in [1.165, 1.54) is 6.07 Å². The third-order valence-corrected chi connectivity index (χ3v) is 6.21. The van der Waals surface area contributed by atoms with E-state index in [1.54, 1.807) is 41.3 Å². The van der Waals surface area contributed by atoms with Crippen LogP contribution in [0.25, 0.3) is 0 Å². The highest BCUT2D eigenvalue weighted by Crippen LogP contribution is 2.43. The summed E-state index contributed by atoms with van der Waals surface area (Å²) in [6.07, 6.45) is 0.792. The van der Waals surface area contributed by atoms with Crippen LogP contribution in [0, 0.1) is 5.82 Å². The number of ketones is 1. The number of carbonyl (C=O) groups is 2. The standard InChI is InChI=1S/C23H26F2N4O3/c24-18-6-5-16(13-19(18)26-9-12-30)15-27-22(32)28-10-7-23(8-11-28)14-21(31)17-3-1-2-4-20(17)29(23)25/h1-6,13,26,30H,7-12,14-15H2,(H,27,32). The molecule has 9 heteroatoms. The van der Waals surface area contributed by atoms with Crippen molar-refractivity contribution in [2.75, 3.05) is 36.7 Å². The monoisotopic (exact) mass is 444 g/mol. The van der Waals surface area contributed by atoms with Gasteiger partial charge in [-0.15, -0.1) is 0 Å². The molecule has 2 aliphatic heterocycles. The van der Waals surface area contributed by atoms with Crippen molar-refractivity contribution in [3.63, 3.8) is 0 Å². The lowest BCUT2D eigenvalue weighted by Crippen LogP contribution is -2.57. The summed E-state index contributed by atoms with van der Waals surface area (Å²) in [5.74, 6) is -0.511. The van der Waals surface area contributed by atoms with Crippen molar-refractivity contribution in [1.82, 2.24) is 10.2 Å². The fourth-order valence-corrected chi connectivity index (χ4v) is 4.40. The molecule has 1 fully saturated rings. The second kappa shape index (κ2) is 9.12. The first-order valence-corrected chi connectivity index (χ1v) is 10.7. The van der Waals surface area contributed by atoms with Crippen LogP contribution in [0.2, 0.25) is 0 Å². The highest BCUT2D eigenvalue weighted by molar-refractivity contribution is 6.04. The SMILES string of the molecule is O=C1CC2(CCN(C(=O)NCc3ccc(F)c(NCCO)c3)CC2)N(F)c2ccccc21. The van der Waals surface area contributed by atoms with Crippen LogP contribution < -0.4 is 15.8 Å². The van der Waals surface area contributed by atoms with Crippen molar-refractivity contribution in [2.45, 2.75) is 31.3 Å². The van der Waals surface area contributed by atoms with Crippen molar-refractivity contribution in [3.8, 4) is 0 Å². The number of likely N-dealkylation sites (tertiary alicyclic amines) is 1. The summed E-state index contributed by atoms with van der Waals surface area (Å²) < 4.78 is 29.1. The lowest BCUT2D eigenvalue weighted by Gasteiger charge is -2.47. The predicted octanol–water partition coefficient (Wildman–Crippen LogP) is 3.25. The molecule has 4 rings (SSSR count). The number of amides is 2. The predicted molar refractivity (Wildman–Crippen MR) is 117 cm³/mol. The molecule has 170 valence electrons. The second-order valence-electron chi connectivity index (χ2n) is 8.23. The maximum atomic E-state index is 15.3. The summed E-state index contributed by atoms with van der Waals surface area (Å²) >= 11 is 0. The summed E-state index contributed by atoms with van der Waals surface area (Å²) in [5, 5.41) is 15.2. The molecule has 2 aliphatic rings. The van der Waals surface area contributed by atoms with Gasteiger partial charge in [-0.1, -0.05) is 22.7 Å². The molecule has 7 nitrogen and oxygen atoms in total. The number of benzene rings is 2. The van der Waals surface area contributed by atoms with Crippen LogP contribution in [0.5, 0.6) is 0 Å². The number of rotatable bonds is 5. The van der Waals surface area contributed by atoms with E-state index >= 15 is 4.48 Å². The van der Waals surface area contributed by atoms with Crippen LogP contribution in [0.15, 0.2) is 42.5 Å². The third-order valence-electron chi connectivity index (χ3n) is 6.21. The van der Waals surface area contributed by atoms with Crippen LogP contribution in [-0.4, -0.2) is 53.6 Å². The quantitative estimate of drug-likeness (QED) is 0.617. The maximum absolute atomic E-state index is 15.3. The lowest BCUT2D eigenvalue weighted by molar-refractivity contribution is 0.0805. The van der Waals surface area contributed by atoms with Gasteiger partial charge in [0.1, 0.15) is 5.82 Å². The summed E-state index contributed by atoms with van der Waals surface area (Å²) in [6, 6.07) is 10.9. The van der Waals surface area contributed by atoms with Crippen molar-refractivity contribution in [3.05, 3.63) is 59.4 Å². The largest absolute Gasteiger partial charge is 0.395 e. The van der Waals surface area contributed by atoms with Gasteiger partial charge in [0.2, 0.25) is 0 Å². The van der Waals surface area contributed by atoms with Gasteiger partial charge in [-0.2, -0.15) is 0 Å². The lowest BCUT2D eigenvalue weighted by atomic mass is 9.78. The number of nitrogens with one attached hydrogen (secondary N) is 2. The molecule has 1 spiro atoms. The molecule has 32 heavy (non-hydrogen) atoms. The minimum absolute atomic E-state index is 0.0747. The molecule has 1 saturated heterocycles. The first-order chi connectivity index (χ1) is 15.4. The van der Waals surface area contributed by atoms with E-state index in [0.717, 1.165) is 5.12 Å². The first-order valence-electron chi connectivity index (χ1n) is 10.7. The Hall–Kier alpha value is -3.20. The van der Waals surface area contributed by atoms with E-state index in [1.807, 2.05) is 0 Å². The summed E-state index contributed by atoms with van der Waals surface area (Å²) in [5.41, 5.74) is 0.734. The molecule has 2 aromatic carbocycles. The van der Waals surface area contributed by atoms with Gasteiger partial charge in [0.15, 0.2) is 5.78 Å². The molecule has 2 heterocycles. The van der Waals surface area contributed by atoms with Gasteiger partial charge in [0, 0.05) is 38.2 Å². The van der Waals surface area contributed by atoms with Crippen LogP contribution in [0.4, 0.5) is 25.0 Å². The van der Waals surface area contributed by atoms with Gasteiger partial charge in [-0.05, 0) is 42.7 Å². The van der Waals surface area contributed by atoms with Gasteiger partial charge < -0.3 is 20.6 Å². The number of anilines is 2. The number of carbonyl (C=O) groups excluding carboxylic acids is 2. The van der Waals surface area contributed by atoms with Crippen LogP contribution in [0.1, 0.15) is 35.2 Å². The van der Waals surface area contributed by atoms with Crippen molar-refractivity contribution in [2.24, 2.45) is 0 Å². The van der Waals surface area contributed by atoms with Crippen LogP contribution in [0.3, 0.4) is 0 Å². The number of hydrogen-bond acceptors (Lipinski definition) is 5. The molecule has 0 saturated carbocycles. The number of para-hydroxylation sites is 1. The zero-order valence-corrected chi connectivity index (χ0v) is 17.6. The topological polar surface area (TPSA) is 84.9 Å². The number of urea groups is 1. The average molecular weight is 444 g/mol. The van der Waals surface area contributed by atoms with E-state index in [2.05, 4.69) is 10.6 Å². The highest BCUT2D eigenvalue weighted by Gasteiger charge is 2.47. The van der Waals surface area contributed by atoms with E-state index in [4.69, 9.17) is 5.11 Å². The fraction of sp³-hybridized carbons (Fsp3) is 0.391. The second-order valence-corrected chi connectivity index (χ2v) is 8.23. The molecule has 3 N–H and O–H groups in total. The first kappa shape index (κ1) is 22.0. The van der Waals surface area contributed by atoms with Crippen molar-refractivity contribution in [1.29, 1.82) is 0 Å². The Kier molecular flexibility index (Phi) is 6.27. The Morgan fingerprint density at radius 3 is 2.66 bits per heavy atom. The zero-order valence-electron chi connectivity index (χ0n) is 17.6. The molecular formula is C23H26F2N4O3. The number of piperidine rings is 1. The Morgan fingerprint density at radius 1 is 1.16 bits per heavy atom. The number of Topliss-reactive ketones (excluding diaryl/α,β-unsaturated/α-hetero) is 1. The number of hydrogen-bond donors (Lipinski definition) is 3. The number of nitrogens with zero attached hydrogens (tertiary/aromatic N) is 2. The molecule has 0 atom stereocenters. The highest BCUT2D eigenvalue weighted by atomic mass is 19.2. The van der Waals surface area contributed by atoms with E-state index < -0.39 is 11.4 Å². The van der Waals surface area contributed by atoms with E-state index in [0.29, 0.717) is 42.7 Å². The van der Waals surface area contributed by atoms with Gasteiger partial charge >= 0.3 is 6.03 Å². The van der Waals surface area contributed by atoms with E-state index in [-0.39, 0.29) is 43.6 Å². The van der Waals surface area contributed by atoms with Crippen molar-refractivity contribution < 1.29 is 23.6 Å². The summed E-state index contributed by atoms with van der Waals surface area (Å²) in [6.45, 7) is 0.962. The smallest absolute Gasteiger partial charge is 0.317 e. The summed E-state index contributed by atoms with van der Waals surface area (Å²) in [7, 11) is 0. The number of aliphatic hydroxyl groups excluding tert-OH is 1. The number of halogens is 2. The molecule has 0 aromatic heterocycles.